The van der Waals surface area contributed by atoms with Crippen molar-refractivity contribution in [2.45, 2.75) is 13.3 Å². The molecule has 0 bridgehead atoms. The Kier molecular flexibility index (Phi) is 3.37. The van der Waals surface area contributed by atoms with Gasteiger partial charge in [-0.05, 0) is 18.6 Å². The normalized spacial score (nSPS) is 12.4. The predicted octanol–water partition coefficient (Wildman–Crippen LogP) is 1.70. The van der Waals surface area contributed by atoms with Crippen molar-refractivity contribution in [2.24, 2.45) is 0 Å². The van der Waals surface area contributed by atoms with Crippen molar-refractivity contribution in [3.8, 4) is 11.5 Å². The minimum Gasteiger partial charge on any atom is -0.469 e. The first kappa shape index (κ1) is 11.6. The van der Waals surface area contributed by atoms with Crippen LogP contribution in [0.1, 0.15) is 12.0 Å². The number of carbonyl (C=O) groups excluding carboxylic acids is 1. The van der Waals surface area contributed by atoms with Gasteiger partial charge in [-0.3, -0.25) is 4.79 Å². The molecule has 0 unspecified atom stereocenters. The molecule has 1 aliphatic heterocycles. The van der Waals surface area contributed by atoms with Crippen LogP contribution >= 0.6 is 0 Å². The van der Waals surface area contributed by atoms with Crippen molar-refractivity contribution < 1.29 is 19.0 Å². The average molecular weight is 237 g/mol. The van der Waals surface area contributed by atoms with Gasteiger partial charge in [0.15, 0.2) is 11.5 Å². The molecule has 1 N–H and O–H groups in total. The monoisotopic (exact) mass is 237 g/mol. The van der Waals surface area contributed by atoms with Gasteiger partial charge < -0.3 is 19.5 Å². The number of benzene rings is 1. The van der Waals surface area contributed by atoms with E-state index in [1.54, 1.807) is 0 Å². The summed E-state index contributed by atoms with van der Waals surface area (Å²) in [5, 5.41) is 3.17. The van der Waals surface area contributed by atoms with Crippen LogP contribution < -0.4 is 14.8 Å². The fourth-order valence-corrected chi connectivity index (χ4v) is 1.64. The van der Waals surface area contributed by atoms with Gasteiger partial charge in [0.1, 0.15) is 0 Å². The van der Waals surface area contributed by atoms with Crippen LogP contribution in [0.4, 0.5) is 5.69 Å². The number of hydrogen-bond donors (Lipinski definition) is 1. The minimum absolute atomic E-state index is 0.226. The lowest BCUT2D eigenvalue weighted by atomic mass is 10.1. The summed E-state index contributed by atoms with van der Waals surface area (Å²) in [6.45, 7) is 2.77. The lowest BCUT2D eigenvalue weighted by Gasteiger charge is -2.09. The standard InChI is InChI=1S/C12H15NO4/c1-8-5-10-11(17-7-16-10)6-9(8)13-4-3-12(14)15-2/h5-6,13H,3-4,7H2,1-2H3. The summed E-state index contributed by atoms with van der Waals surface area (Å²) in [6.07, 6.45) is 0.338. The average Bonchev–Trinajstić information content (AvgIpc) is 2.76. The van der Waals surface area contributed by atoms with E-state index in [1.807, 2.05) is 19.1 Å². The quantitative estimate of drug-likeness (QED) is 0.808. The van der Waals surface area contributed by atoms with Gasteiger partial charge in [-0.1, -0.05) is 0 Å². The highest BCUT2D eigenvalue weighted by Crippen LogP contribution is 2.36. The zero-order valence-electron chi connectivity index (χ0n) is 9.91. The summed E-state index contributed by atoms with van der Waals surface area (Å²) < 4.78 is 15.1. The molecule has 17 heavy (non-hydrogen) atoms. The molecular weight excluding hydrogens is 222 g/mol. The summed E-state index contributed by atoms with van der Waals surface area (Å²) in [4.78, 5) is 11.0. The van der Waals surface area contributed by atoms with Gasteiger partial charge >= 0.3 is 5.97 Å². The number of aryl methyl sites for hydroxylation is 1. The second kappa shape index (κ2) is 4.95. The van der Waals surface area contributed by atoms with E-state index in [-0.39, 0.29) is 12.8 Å². The number of hydrogen-bond acceptors (Lipinski definition) is 5. The number of ether oxygens (including phenoxy) is 3. The molecule has 5 heteroatoms. The lowest BCUT2D eigenvalue weighted by molar-refractivity contribution is -0.140. The molecule has 1 heterocycles. The highest BCUT2D eigenvalue weighted by atomic mass is 16.7. The van der Waals surface area contributed by atoms with Gasteiger partial charge in [-0.25, -0.2) is 0 Å². The van der Waals surface area contributed by atoms with E-state index in [4.69, 9.17) is 9.47 Å². The van der Waals surface area contributed by atoms with E-state index in [0.29, 0.717) is 13.0 Å². The Hall–Kier alpha value is -1.91. The van der Waals surface area contributed by atoms with Crippen LogP contribution in [0.2, 0.25) is 0 Å². The van der Waals surface area contributed by atoms with Crippen molar-refractivity contribution in [1.29, 1.82) is 0 Å². The summed E-state index contributed by atoms with van der Waals surface area (Å²) in [7, 11) is 1.38. The maximum absolute atomic E-state index is 11.0. The zero-order valence-corrected chi connectivity index (χ0v) is 9.91. The van der Waals surface area contributed by atoms with Gasteiger partial charge in [0.05, 0.1) is 13.5 Å². The van der Waals surface area contributed by atoms with Crippen LogP contribution in [0, 0.1) is 6.92 Å². The molecule has 0 radical (unpaired) electrons. The SMILES string of the molecule is COC(=O)CCNc1cc2c(cc1C)OCO2. The Labute approximate surface area is 99.7 Å². The third-order valence-electron chi connectivity index (χ3n) is 2.59. The number of carbonyl (C=O) groups is 1. The first-order chi connectivity index (χ1) is 8.20. The van der Waals surface area contributed by atoms with Gasteiger partial charge in [-0.2, -0.15) is 0 Å². The van der Waals surface area contributed by atoms with E-state index in [0.717, 1.165) is 22.7 Å². The molecule has 1 aromatic rings. The topological polar surface area (TPSA) is 56.8 Å². The largest absolute Gasteiger partial charge is 0.469 e. The van der Waals surface area contributed by atoms with Crippen LogP contribution in [0.3, 0.4) is 0 Å². The molecule has 92 valence electrons. The molecule has 0 spiro atoms. The molecule has 0 saturated carbocycles. The van der Waals surface area contributed by atoms with Crippen LogP contribution in [0.5, 0.6) is 11.5 Å². The first-order valence-electron chi connectivity index (χ1n) is 5.41. The third kappa shape index (κ3) is 2.61. The zero-order chi connectivity index (χ0) is 12.3. The van der Waals surface area contributed by atoms with E-state index >= 15 is 0 Å². The maximum atomic E-state index is 11.0. The second-order valence-electron chi connectivity index (χ2n) is 3.77. The molecule has 2 rings (SSSR count). The molecule has 0 atom stereocenters. The highest BCUT2D eigenvalue weighted by Gasteiger charge is 2.15. The predicted molar refractivity (Wildman–Crippen MR) is 62.4 cm³/mol. The molecule has 5 nitrogen and oxygen atoms in total. The fourth-order valence-electron chi connectivity index (χ4n) is 1.64. The molecule has 0 aliphatic carbocycles. The molecular formula is C12H15NO4. The third-order valence-corrected chi connectivity index (χ3v) is 2.59. The molecule has 0 saturated heterocycles. The number of rotatable bonds is 4. The first-order valence-corrected chi connectivity index (χ1v) is 5.41. The summed E-state index contributed by atoms with van der Waals surface area (Å²) in [6, 6.07) is 3.80. The van der Waals surface area contributed by atoms with E-state index < -0.39 is 0 Å². The van der Waals surface area contributed by atoms with Crippen molar-refractivity contribution in [1.82, 2.24) is 0 Å². The van der Waals surface area contributed by atoms with Gasteiger partial charge in [0.25, 0.3) is 0 Å². The lowest BCUT2D eigenvalue weighted by Crippen LogP contribution is -2.10. The van der Waals surface area contributed by atoms with Crippen LogP contribution in [0.25, 0.3) is 0 Å². The van der Waals surface area contributed by atoms with Crippen LogP contribution in [-0.4, -0.2) is 26.4 Å². The van der Waals surface area contributed by atoms with Crippen molar-refractivity contribution in [3.05, 3.63) is 17.7 Å². The van der Waals surface area contributed by atoms with E-state index in [1.165, 1.54) is 7.11 Å². The Balaban J connectivity index is 1.99. The molecule has 0 amide bonds. The van der Waals surface area contributed by atoms with Crippen LogP contribution in [-0.2, 0) is 9.53 Å². The minimum atomic E-state index is -0.226. The Morgan fingerprint density at radius 1 is 1.41 bits per heavy atom. The number of fused-ring (bicyclic) bond motifs is 1. The number of nitrogens with one attached hydrogen (secondary N) is 1. The Morgan fingerprint density at radius 2 is 2.12 bits per heavy atom. The van der Waals surface area contributed by atoms with Crippen molar-refractivity contribution >= 4 is 11.7 Å². The molecule has 0 fully saturated rings. The number of methoxy groups -OCH3 is 1. The van der Waals surface area contributed by atoms with E-state index in [2.05, 4.69) is 10.1 Å². The Bertz CT molecular complexity index is 431. The highest BCUT2D eigenvalue weighted by molar-refractivity contribution is 5.70. The summed E-state index contributed by atoms with van der Waals surface area (Å²) >= 11 is 0. The van der Waals surface area contributed by atoms with Crippen molar-refractivity contribution in [2.75, 3.05) is 25.8 Å². The molecule has 1 aliphatic rings. The van der Waals surface area contributed by atoms with Gasteiger partial charge in [0, 0.05) is 18.3 Å². The fraction of sp³-hybridized carbons (Fsp3) is 0.417. The van der Waals surface area contributed by atoms with Gasteiger partial charge in [0.2, 0.25) is 6.79 Å². The number of anilines is 1. The number of esters is 1. The molecule has 1 aromatic carbocycles. The molecule has 0 aromatic heterocycles. The Morgan fingerprint density at radius 3 is 2.82 bits per heavy atom. The van der Waals surface area contributed by atoms with Crippen molar-refractivity contribution in [3.63, 3.8) is 0 Å². The van der Waals surface area contributed by atoms with E-state index in [9.17, 15) is 4.79 Å². The maximum Gasteiger partial charge on any atom is 0.307 e. The van der Waals surface area contributed by atoms with Crippen LogP contribution in [0.15, 0.2) is 12.1 Å². The summed E-state index contributed by atoms with van der Waals surface area (Å²) in [5.41, 5.74) is 2.00. The van der Waals surface area contributed by atoms with Gasteiger partial charge in [-0.15, -0.1) is 0 Å². The second-order valence-corrected chi connectivity index (χ2v) is 3.77. The smallest absolute Gasteiger partial charge is 0.307 e. The summed E-state index contributed by atoms with van der Waals surface area (Å²) in [5.74, 6) is 1.27.